The van der Waals surface area contributed by atoms with Crippen LogP contribution in [-0.4, -0.2) is 42.3 Å². The van der Waals surface area contributed by atoms with Crippen LogP contribution in [0.2, 0.25) is 5.02 Å². The smallest absolute Gasteiger partial charge is 0.255 e. The van der Waals surface area contributed by atoms with E-state index in [-0.39, 0.29) is 12.5 Å². The summed E-state index contributed by atoms with van der Waals surface area (Å²) in [5.41, 5.74) is 0.393. The van der Waals surface area contributed by atoms with Crippen LogP contribution in [0.15, 0.2) is 22.7 Å². The van der Waals surface area contributed by atoms with E-state index in [1.54, 1.807) is 43.9 Å². The van der Waals surface area contributed by atoms with E-state index in [1.807, 2.05) is 0 Å². The molecule has 0 spiro atoms. The molecule has 1 aliphatic rings. The van der Waals surface area contributed by atoms with Crippen LogP contribution in [-0.2, 0) is 9.84 Å². The van der Waals surface area contributed by atoms with Gasteiger partial charge in [-0.15, -0.1) is 0 Å². The third-order valence-corrected chi connectivity index (χ3v) is 7.68. The summed E-state index contributed by atoms with van der Waals surface area (Å²) < 4.78 is 25.0. The molecule has 0 bridgehead atoms. The molecule has 2 rings (SSSR count). The van der Waals surface area contributed by atoms with Crippen LogP contribution in [0.1, 0.15) is 37.6 Å². The Bertz CT molecular complexity index is 697. The van der Waals surface area contributed by atoms with Crippen molar-refractivity contribution in [3.05, 3.63) is 33.3 Å². The van der Waals surface area contributed by atoms with E-state index in [0.717, 1.165) is 4.47 Å². The highest BCUT2D eigenvalue weighted by Crippen LogP contribution is 2.29. The maximum atomic E-state index is 12.6. The average Bonchev–Trinajstić information content (AvgIpc) is 2.89. The lowest BCUT2D eigenvalue weighted by Gasteiger charge is -2.24. The number of amides is 1. The van der Waals surface area contributed by atoms with E-state index >= 15 is 0 Å². The first kappa shape index (κ1) is 17.8. The summed E-state index contributed by atoms with van der Waals surface area (Å²) in [7, 11) is -3.28. The number of likely N-dealkylation sites (tertiary alicyclic amines) is 1. The Morgan fingerprint density at radius 1 is 1.36 bits per heavy atom. The molecular formula is C15H19BrClNO3S. The number of benzene rings is 1. The van der Waals surface area contributed by atoms with E-state index < -0.39 is 19.8 Å². The summed E-state index contributed by atoms with van der Waals surface area (Å²) in [6.07, 6.45) is 0.469. The molecule has 1 aromatic carbocycles. The first-order valence-electron chi connectivity index (χ1n) is 7.02. The van der Waals surface area contributed by atoms with E-state index in [9.17, 15) is 13.2 Å². The predicted octanol–water partition coefficient (Wildman–Crippen LogP) is 3.53. The van der Waals surface area contributed by atoms with Crippen molar-refractivity contribution in [2.45, 2.75) is 37.2 Å². The van der Waals surface area contributed by atoms with E-state index in [4.69, 9.17) is 11.6 Å². The summed E-state index contributed by atoms with van der Waals surface area (Å²) in [6.45, 7) is 5.73. The number of carbonyl (C=O) groups excluding carboxylic acids is 1. The highest BCUT2D eigenvalue weighted by Gasteiger charge is 2.42. The van der Waals surface area contributed by atoms with Crippen molar-refractivity contribution in [1.29, 1.82) is 0 Å². The fourth-order valence-electron chi connectivity index (χ4n) is 2.50. The highest BCUT2D eigenvalue weighted by molar-refractivity contribution is 9.10. The van der Waals surface area contributed by atoms with Crippen molar-refractivity contribution >= 4 is 43.3 Å². The SMILES string of the molecule is CC(C)(C)S(=O)(=O)[C@@H]1CCN(C(=O)c2cc(Br)ccc2Cl)C1. The molecule has 0 saturated carbocycles. The van der Waals surface area contributed by atoms with Crippen molar-refractivity contribution in [3.63, 3.8) is 0 Å². The number of nitrogens with zero attached hydrogens (tertiary/aromatic N) is 1. The van der Waals surface area contributed by atoms with Crippen LogP contribution in [0.3, 0.4) is 0 Å². The second-order valence-corrected chi connectivity index (χ2v) is 10.7. The van der Waals surface area contributed by atoms with Crippen molar-refractivity contribution in [3.8, 4) is 0 Å². The molecule has 1 saturated heterocycles. The number of rotatable bonds is 2. The Morgan fingerprint density at radius 3 is 2.59 bits per heavy atom. The van der Waals surface area contributed by atoms with Gasteiger partial charge in [0.1, 0.15) is 0 Å². The monoisotopic (exact) mass is 407 g/mol. The molecule has 0 radical (unpaired) electrons. The standard InChI is InChI=1S/C15H19BrClNO3S/c1-15(2,3)22(20,21)11-6-7-18(9-11)14(19)12-8-10(16)4-5-13(12)17/h4-5,8,11H,6-7,9H2,1-3H3/t11-/m1/s1. The summed E-state index contributed by atoms with van der Waals surface area (Å²) in [5, 5.41) is -0.141. The first-order valence-corrected chi connectivity index (χ1v) is 9.73. The Kier molecular flexibility index (Phi) is 4.95. The van der Waals surface area contributed by atoms with Crippen LogP contribution >= 0.6 is 27.5 Å². The number of sulfone groups is 1. The molecule has 0 unspecified atom stereocenters. The van der Waals surface area contributed by atoms with Gasteiger partial charge in [-0.2, -0.15) is 0 Å². The molecule has 1 amide bonds. The normalized spacial score (nSPS) is 19.5. The topological polar surface area (TPSA) is 54.5 Å². The molecule has 22 heavy (non-hydrogen) atoms. The average molecular weight is 409 g/mol. The van der Waals surface area contributed by atoms with Gasteiger partial charge in [0, 0.05) is 17.6 Å². The second-order valence-electron chi connectivity index (χ2n) is 6.44. The van der Waals surface area contributed by atoms with Crippen LogP contribution < -0.4 is 0 Å². The van der Waals surface area contributed by atoms with Crippen molar-refractivity contribution < 1.29 is 13.2 Å². The minimum Gasteiger partial charge on any atom is -0.337 e. The minimum absolute atomic E-state index is 0.223. The molecule has 1 heterocycles. The van der Waals surface area contributed by atoms with Gasteiger partial charge >= 0.3 is 0 Å². The number of hydrogen-bond donors (Lipinski definition) is 0. The predicted molar refractivity (Wildman–Crippen MR) is 92.1 cm³/mol. The Morgan fingerprint density at radius 2 is 2.00 bits per heavy atom. The fraction of sp³-hybridized carbons (Fsp3) is 0.533. The van der Waals surface area contributed by atoms with Gasteiger partial charge in [-0.05, 0) is 45.4 Å². The minimum atomic E-state index is -3.28. The Hall–Kier alpha value is -0.590. The lowest BCUT2D eigenvalue weighted by atomic mass is 10.2. The maximum Gasteiger partial charge on any atom is 0.255 e. The maximum absolute atomic E-state index is 12.6. The molecule has 1 aliphatic heterocycles. The number of halogens is 2. The number of hydrogen-bond acceptors (Lipinski definition) is 3. The zero-order valence-electron chi connectivity index (χ0n) is 12.8. The van der Waals surface area contributed by atoms with Gasteiger partial charge in [-0.25, -0.2) is 8.42 Å². The zero-order chi connectivity index (χ0) is 16.7. The molecule has 1 aromatic rings. The largest absolute Gasteiger partial charge is 0.337 e. The zero-order valence-corrected chi connectivity index (χ0v) is 15.9. The molecule has 1 fully saturated rings. The highest BCUT2D eigenvalue weighted by atomic mass is 79.9. The molecular weight excluding hydrogens is 390 g/mol. The Balaban J connectivity index is 2.20. The molecule has 4 nitrogen and oxygen atoms in total. The van der Waals surface area contributed by atoms with Crippen LogP contribution in [0, 0.1) is 0 Å². The van der Waals surface area contributed by atoms with Crippen molar-refractivity contribution in [2.75, 3.05) is 13.1 Å². The van der Waals surface area contributed by atoms with Crippen LogP contribution in [0.5, 0.6) is 0 Å². The van der Waals surface area contributed by atoms with Crippen LogP contribution in [0.4, 0.5) is 0 Å². The molecule has 0 N–H and O–H groups in total. The quantitative estimate of drug-likeness (QED) is 0.752. The molecule has 7 heteroatoms. The summed E-state index contributed by atoms with van der Waals surface area (Å²) in [4.78, 5) is 14.1. The summed E-state index contributed by atoms with van der Waals surface area (Å²) in [6, 6.07) is 5.07. The third kappa shape index (κ3) is 3.34. The van der Waals surface area contributed by atoms with Gasteiger partial charge in [0.25, 0.3) is 5.91 Å². The third-order valence-electron chi connectivity index (χ3n) is 3.88. The Labute approximate surface area is 144 Å². The van der Waals surface area contributed by atoms with Crippen molar-refractivity contribution in [1.82, 2.24) is 4.90 Å². The van der Waals surface area contributed by atoms with Gasteiger partial charge in [0.2, 0.25) is 0 Å². The van der Waals surface area contributed by atoms with E-state index in [2.05, 4.69) is 15.9 Å². The van der Waals surface area contributed by atoms with E-state index in [0.29, 0.717) is 23.6 Å². The van der Waals surface area contributed by atoms with E-state index in [1.165, 1.54) is 0 Å². The molecule has 0 aromatic heterocycles. The van der Waals surface area contributed by atoms with Crippen molar-refractivity contribution in [2.24, 2.45) is 0 Å². The lowest BCUT2D eigenvalue weighted by molar-refractivity contribution is 0.0793. The first-order chi connectivity index (χ1) is 10.0. The second kappa shape index (κ2) is 6.13. The number of carbonyl (C=O) groups is 1. The summed E-state index contributed by atoms with van der Waals surface area (Å²) in [5.74, 6) is -0.224. The van der Waals surface area contributed by atoms with Gasteiger partial charge in [0.15, 0.2) is 9.84 Å². The molecule has 0 aliphatic carbocycles. The van der Waals surface area contributed by atoms with Gasteiger partial charge in [-0.3, -0.25) is 4.79 Å². The fourth-order valence-corrected chi connectivity index (χ4v) is 4.85. The van der Waals surface area contributed by atoms with Gasteiger partial charge in [-0.1, -0.05) is 27.5 Å². The summed E-state index contributed by atoms with van der Waals surface area (Å²) >= 11 is 9.40. The molecule has 122 valence electrons. The molecule has 1 atom stereocenters. The lowest BCUT2D eigenvalue weighted by Crippen LogP contribution is -2.39. The van der Waals surface area contributed by atoms with Gasteiger partial charge in [0.05, 0.1) is 20.6 Å². The van der Waals surface area contributed by atoms with Crippen LogP contribution in [0.25, 0.3) is 0 Å². The van der Waals surface area contributed by atoms with Gasteiger partial charge < -0.3 is 4.90 Å².